The Morgan fingerprint density at radius 3 is 2.71 bits per heavy atom. The average molecular weight is 485 g/mol. The number of fused-ring (bicyclic) bond motifs is 3. The van der Waals surface area contributed by atoms with Gasteiger partial charge in [0.25, 0.3) is 0 Å². The quantitative estimate of drug-likeness (QED) is 0.298. The summed E-state index contributed by atoms with van der Waals surface area (Å²) in [6.07, 6.45) is 5.36. The van der Waals surface area contributed by atoms with Gasteiger partial charge in [0.2, 0.25) is 11.8 Å². The van der Waals surface area contributed by atoms with Crippen LogP contribution in [0.3, 0.4) is 0 Å². The van der Waals surface area contributed by atoms with Crippen molar-refractivity contribution in [1.82, 2.24) is 4.90 Å². The third kappa shape index (κ3) is 5.19. The maximum absolute atomic E-state index is 13.3. The van der Waals surface area contributed by atoms with Crippen LogP contribution in [0.5, 0.6) is 0 Å². The second kappa shape index (κ2) is 11.2. The Kier molecular flexibility index (Phi) is 8.32. The zero-order valence-electron chi connectivity index (χ0n) is 20.9. The van der Waals surface area contributed by atoms with Gasteiger partial charge in [0.15, 0.2) is 0 Å². The summed E-state index contributed by atoms with van der Waals surface area (Å²) in [5, 5.41) is 19.9. The van der Waals surface area contributed by atoms with Gasteiger partial charge in [-0.3, -0.25) is 14.5 Å². The van der Waals surface area contributed by atoms with Gasteiger partial charge in [-0.15, -0.1) is 0 Å². The van der Waals surface area contributed by atoms with Crippen molar-refractivity contribution >= 4 is 25.0 Å². The van der Waals surface area contributed by atoms with Gasteiger partial charge < -0.3 is 23.9 Å². The lowest BCUT2D eigenvalue weighted by Gasteiger charge is -2.43. The number of amides is 2. The lowest BCUT2D eigenvalue weighted by Crippen LogP contribution is -2.46. The van der Waals surface area contributed by atoms with Crippen LogP contribution in [0.4, 0.5) is 0 Å². The standard InChI is InChI=1S/C26H36BNO7/c1-4-10-28-25(30)20-12-17(15-33-3)23-21(24(20)26(28)31)13-27(32)35-22(23)9-6-16(5-2)11-18-7-8-19(14-29)34-18/h7-8,11,20-22,24,29,32H,4-6,9-10,12-15H2,1-3H3/b16-11+/t20-,21+,22-,24-/m1/s1. The number of hydrogen-bond acceptors (Lipinski definition) is 7. The topological polar surface area (TPSA) is 109 Å². The van der Waals surface area contributed by atoms with Crippen molar-refractivity contribution in [2.24, 2.45) is 17.8 Å². The van der Waals surface area contributed by atoms with Gasteiger partial charge in [0.1, 0.15) is 18.1 Å². The first-order valence-electron chi connectivity index (χ1n) is 12.7. The number of carbonyl (C=O) groups excluding carboxylic acids is 2. The molecule has 0 spiro atoms. The van der Waals surface area contributed by atoms with Gasteiger partial charge in [0.05, 0.1) is 24.5 Å². The summed E-state index contributed by atoms with van der Waals surface area (Å²) in [4.78, 5) is 27.8. The molecular weight excluding hydrogens is 449 g/mol. The van der Waals surface area contributed by atoms with Crippen molar-refractivity contribution in [2.45, 2.75) is 65.0 Å². The zero-order valence-corrected chi connectivity index (χ0v) is 20.9. The largest absolute Gasteiger partial charge is 0.459 e. The van der Waals surface area contributed by atoms with Crippen LogP contribution in [0.1, 0.15) is 57.5 Å². The third-order valence-electron chi connectivity index (χ3n) is 7.53. The normalized spacial score (nSPS) is 27.1. The second-order valence-electron chi connectivity index (χ2n) is 9.73. The lowest BCUT2D eigenvalue weighted by molar-refractivity contribution is -0.140. The van der Waals surface area contributed by atoms with Crippen molar-refractivity contribution < 1.29 is 33.5 Å². The Morgan fingerprint density at radius 2 is 2.06 bits per heavy atom. The van der Waals surface area contributed by atoms with E-state index in [1.807, 2.05) is 19.1 Å². The van der Waals surface area contributed by atoms with Crippen molar-refractivity contribution in [3.05, 3.63) is 40.4 Å². The van der Waals surface area contributed by atoms with Crippen LogP contribution in [0.15, 0.2) is 33.3 Å². The molecule has 2 saturated heterocycles. The number of ether oxygens (including phenoxy) is 1. The molecule has 3 heterocycles. The van der Waals surface area contributed by atoms with Crippen LogP contribution in [0.2, 0.25) is 6.32 Å². The number of imide groups is 1. The molecule has 0 saturated carbocycles. The Labute approximate surface area is 207 Å². The van der Waals surface area contributed by atoms with E-state index in [1.165, 1.54) is 4.90 Å². The first-order chi connectivity index (χ1) is 16.9. The smallest absolute Gasteiger partial charge is 0.455 e. The molecule has 2 amide bonds. The summed E-state index contributed by atoms with van der Waals surface area (Å²) in [6, 6.07) is 3.59. The van der Waals surface area contributed by atoms with Crippen LogP contribution >= 0.6 is 0 Å². The molecule has 35 heavy (non-hydrogen) atoms. The van der Waals surface area contributed by atoms with E-state index in [2.05, 4.69) is 6.92 Å². The number of likely N-dealkylation sites (tertiary alicyclic amines) is 1. The first kappa shape index (κ1) is 25.9. The monoisotopic (exact) mass is 485 g/mol. The second-order valence-corrected chi connectivity index (χ2v) is 9.73. The van der Waals surface area contributed by atoms with Crippen molar-refractivity contribution in [3.8, 4) is 0 Å². The van der Waals surface area contributed by atoms with E-state index >= 15 is 0 Å². The highest BCUT2D eigenvalue weighted by molar-refractivity contribution is 6.43. The van der Waals surface area contributed by atoms with Gasteiger partial charge in [-0.2, -0.15) is 0 Å². The van der Waals surface area contributed by atoms with E-state index in [0.717, 1.165) is 36.0 Å². The van der Waals surface area contributed by atoms with E-state index in [-0.39, 0.29) is 36.4 Å². The van der Waals surface area contributed by atoms with Gasteiger partial charge in [-0.1, -0.05) is 19.4 Å². The van der Waals surface area contributed by atoms with E-state index in [0.29, 0.717) is 43.8 Å². The first-order valence-corrected chi connectivity index (χ1v) is 12.7. The molecule has 1 aromatic rings. The number of aliphatic hydroxyl groups is 1. The minimum atomic E-state index is -0.981. The molecule has 0 bridgehead atoms. The molecule has 4 rings (SSSR count). The van der Waals surface area contributed by atoms with Crippen LogP contribution in [-0.2, 0) is 25.6 Å². The number of hydrogen-bond donors (Lipinski definition) is 2. The molecule has 2 N–H and O–H groups in total. The average Bonchev–Trinajstić information content (AvgIpc) is 3.39. The summed E-state index contributed by atoms with van der Waals surface area (Å²) >= 11 is 0. The Hall–Kier alpha value is -2.20. The summed E-state index contributed by atoms with van der Waals surface area (Å²) in [5.74, 6) is -0.0374. The van der Waals surface area contributed by atoms with Gasteiger partial charge in [0, 0.05) is 13.7 Å². The third-order valence-corrected chi connectivity index (χ3v) is 7.53. The minimum absolute atomic E-state index is 0.0936. The number of furan rings is 1. The molecule has 3 aliphatic rings. The van der Waals surface area contributed by atoms with Gasteiger partial charge >= 0.3 is 7.12 Å². The molecule has 2 aliphatic heterocycles. The molecule has 0 radical (unpaired) electrons. The van der Waals surface area contributed by atoms with Crippen LogP contribution < -0.4 is 0 Å². The molecule has 4 atom stereocenters. The predicted octanol–water partition coefficient (Wildman–Crippen LogP) is 3.20. The van der Waals surface area contributed by atoms with E-state index in [1.54, 1.807) is 13.2 Å². The summed E-state index contributed by atoms with van der Waals surface area (Å²) < 4.78 is 17.1. The number of rotatable bonds is 10. The van der Waals surface area contributed by atoms with Crippen molar-refractivity contribution in [3.63, 3.8) is 0 Å². The van der Waals surface area contributed by atoms with Gasteiger partial charge in [-0.05, 0) is 73.7 Å². The number of methoxy groups -OCH3 is 1. The Bertz CT molecular complexity index is 1000. The number of aliphatic hydroxyl groups excluding tert-OH is 1. The molecule has 8 nitrogen and oxygen atoms in total. The highest BCUT2D eigenvalue weighted by Gasteiger charge is 2.57. The van der Waals surface area contributed by atoms with E-state index in [4.69, 9.17) is 13.8 Å². The molecule has 1 aliphatic carbocycles. The lowest BCUT2D eigenvalue weighted by atomic mass is 9.58. The Balaban J connectivity index is 1.60. The predicted molar refractivity (Wildman–Crippen MR) is 131 cm³/mol. The molecule has 0 aromatic carbocycles. The number of carbonyl (C=O) groups is 2. The molecule has 1 aromatic heterocycles. The molecule has 190 valence electrons. The SMILES string of the molecule is CCCN1C(=O)[C@@H]2[C@@H](CC(COC)=C3[C@@H](CC/C(=C/c4ccc(CO)o4)CC)OB(O)C[C@@H]32)C1=O. The van der Waals surface area contributed by atoms with Gasteiger partial charge in [-0.25, -0.2) is 0 Å². The Morgan fingerprint density at radius 1 is 1.26 bits per heavy atom. The number of nitrogens with zero attached hydrogens (tertiary/aromatic N) is 1. The van der Waals surface area contributed by atoms with Crippen LogP contribution in [0.25, 0.3) is 6.08 Å². The van der Waals surface area contributed by atoms with Crippen LogP contribution in [0, 0.1) is 17.8 Å². The molecule has 2 fully saturated rings. The summed E-state index contributed by atoms with van der Waals surface area (Å²) in [7, 11) is 0.653. The fourth-order valence-electron chi connectivity index (χ4n) is 6.01. The minimum Gasteiger partial charge on any atom is -0.459 e. The fourth-order valence-corrected chi connectivity index (χ4v) is 6.01. The fraction of sp³-hybridized carbons (Fsp3) is 0.615. The summed E-state index contributed by atoms with van der Waals surface area (Å²) in [5.41, 5.74) is 3.22. The summed E-state index contributed by atoms with van der Waals surface area (Å²) in [6.45, 7) is 4.72. The maximum atomic E-state index is 13.3. The van der Waals surface area contributed by atoms with Crippen LogP contribution in [-0.4, -0.2) is 60.3 Å². The van der Waals surface area contributed by atoms with Crippen molar-refractivity contribution in [2.75, 3.05) is 20.3 Å². The highest BCUT2D eigenvalue weighted by Crippen LogP contribution is 2.50. The van der Waals surface area contributed by atoms with E-state index < -0.39 is 13.0 Å². The number of allylic oxidation sites excluding steroid dienone is 1. The molecule has 9 heteroatoms. The molecule has 0 unspecified atom stereocenters. The zero-order chi connectivity index (χ0) is 25.1. The van der Waals surface area contributed by atoms with E-state index in [9.17, 15) is 19.7 Å². The van der Waals surface area contributed by atoms with Crippen molar-refractivity contribution in [1.29, 1.82) is 0 Å². The molecular formula is C26H36BNO7. The maximum Gasteiger partial charge on any atom is 0.455 e. The highest BCUT2D eigenvalue weighted by atomic mass is 16.5.